The summed E-state index contributed by atoms with van der Waals surface area (Å²) in [6, 6.07) is 11.1. The van der Waals surface area contributed by atoms with Gasteiger partial charge in [-0.1, -0.05) is 12.1 Å². The van der Waals surface area contributed by atoms with Crippen molar-refractivity contribution >= 4 is 11.8 Å². The number of ether oxygens (including phenoxy) is 1. The zero-order valence-electron chi connectivity index (χ0n) is 9.67. The number of rotatable bonds is 4. The molecule has 0 fully saturated rings. The molecule has 0 amide bonds. The summed E-state index contributed by atoms with van der Waals surface area (Å²) in [6.07, 6.45) is 0. The Hall–Kier alpha value is -2.69. The largest absolute Gasteiger partial charge is 0.475 e. The van der Waals surface area contributed by atoms with Gasteiger partial charge in [0.2, 0.25) is 0 Å². The van der Waals surface area contributed by atoms with Gasteiger partial charge in [-0.2, -0.15) is 0 Å². The molecule has 0 aromatic heterocycles. The van der Waals surface area contributed by atoms with Gasteiger partial charge in [-0.15, -0.1) is 0 Å². The normalized spacial score (nSPS) is 9.95. The van der Waals surface area contributed by atoms with E-state index in [1.165, 1.54) is 42.5 Å². The van der Waals surface area contributed by atoms with Crippen molar-refractivity contribution in [2.45, 2.75) is 0 Å². The number of carbonyl (C=O) groups is 2. The molecule has 1 N–H and O–H groups in total. The van der Waals surface area contributed by atoms with Crippen molar-refractivity contribution in [1.29, 1.82) is 0 Å². The first-order chi connectivity index (χ1) is 9.06. The summed E-state index contributed by atoms with van der Waals surface area (Å²) in [5.74, 6) is -2.23. The van der Waals surface area contributed by atoms with Gasteiger partial charge in [0.15, 0.2) is 0 Å². The third-order valence-electron chi connectivity index (χ3n) is 2.34. The highest BCUT2D eigenvalue weighted by Gasteiger charge is 2.14. The van der Waals surface area contributed by atoms with Crippen molar-refractivity contribution in [2.75, 3.05) is 0 Å². The van der Waals surface area contributed by atoms with Gasteiger partial charge in [-0.05, 0) is 36.4 Å². The lowest BCUT2D eigenvalue weighted by atomic mass is 10.1. The molecule has 0 atom stereocenters. The van der Waals surface area contributed by atoms with Crippen LogP contribution in [0, 0.1) is 5.82 Å². The van der Waals surface area contributed by atoms with Gasteiger partial charge in [0.25, 0.3) is 5.78 Å². The van der Waals surface area contributed by atoms with E-state index in [9.17, 15) is 14.0 Å². The SMILES string of the molecule is O=C(O)C(=O)c1cccc(Oc2ccc(F)cc2)c1. The molecular formula is C14H9FO4. The molecule has 2 aromatic rings. The van der Waals surface area contributed by atoms with Crippen molar-refractivity contribution < 1.29 is 23.8 Å². The van der Waals surface area contributed by atoms with Crippen molar-refractivity contribution in [3.05, 3.63) is 59.9 Å². The summed E-state index contributed by atoms with van der Waals surface area (Å²) in [5, 5.41) is 8.61. The van der Waals surface area contributed by atoms with Crippen LogP contribution in [0.1, 0.15) is 10.4 Å². The number of carbonyl (C=O) groups excluding carboxylic acids is 1. The lowest BCUT2D eigenvalue weighted by molar-refractivity contribution is -0.131. The van der Waals surface area contributed by atoms with E-state index in [-0.39, 0.29) is 11.4 Å². The number of Topliss-reactive ketones (excluding diaryl/α,β-unsaturated/α-hetero) is 1. The van der Waals surface area contributed by atoms with E-state index in [2.05, 4.69) is 0 Å². The Kier molecular flexibility index (Phi) is 3.56. The molecule has 19 heavy (non-hydrogen) atoms. The molecule has 0 aliphatic rings. The second-order valence-electron chi connectivity index (χ2n) is 3.72. The molecular weight excluding hydrogens is 251 g/mol. The number of hydrogen-bond donors (Lipinski definition) is 1. The van der Waals surface area contributed by atoms with Gasteiger partial charge in [0, 0.05) is 5.56 Å². The van der Waals surface area contributed by atoms with Crippen LogP contribution in [0.2, 0.25) is 0 Å². The number of aliphatic carboxylic acids is 1. The van der Waals surface area contributed by atoms with Crippen LogP contribution in [0.5, 0.6) is 11.5 Å². The van der Waals surface area contributed by atoms with Gasteiger partial charge < -0.3 is 9.84 Å². The molecule has 5 heteroatoms. The molecule has 2 aromatic carbocycles. The standard InChI is InChI=1S/C14H9FO4/c15-10-4-6-11(7-5-10)19-12-3-1-2-9(8-12)13(16)14(17)18/h1-8H,(H,17,18). The van der Waals surface area contributed by atoms with Crippen LogP contribution in [0.25, 0.3) is 0 Å². The summed E-state index contributed by atoms with van der Waals surface area (Å²) in [5.41, 5.74) is 0.0205. The van der Waals surface area contributed by atoms with E-state index in [1.54, 1.807) is 6.07 Å². The topological polar surface area (TPSA) is 63.6 Å². The van der Waals surface area contributed by atoms with Gasteiger partial charge >= 0.3 is 5.97 Å². The van der Waals surface area contributed by atoms with Crippen LogP contribution in [0.3, 0.4) is 0 Å². The maximum absolute atomic E-state index is 12.7. The predicted octanol–water partition coefficient (Wildman–Crippen LogP) is 2.89. The smallest absolute Gasteiger partial charge is 0.377 e. The number of halogens is 1. The van der Waals surface area contributed by atoms with Gasteiger partial charge in [-0.25, -0.2) is 9.18 Å². The van der Waals surface area contributed by atoms with E-state index in [4.69, 9.17) is 9.84 Å². The van der Waals surface area contributed by atoms with Crippen molar-refractivity contribution in [1.82, 2.24) is 0 Å². The molecule has 0 spiro atoms. The molecule has 0 bridgehead atoms. The lowest BCUT2D eigenvalue weighted by Gasteiger charge is -2.06. The Morgan fingerprint density at radius 2 is 1.68 bits per heavy atom. The second-order valence-corrected chi connectivity index (χ2v) is 3.72. The zero-order valence-corrected chi connectivity index (χ0v) is 9.67. The van der Waals surface area contributed by atoms with E-state index in [1.807, 2.05) is 0 Å². The summed E-state index contributed by atoms with van der Waals surface area (Å²) in [4.78, 5) is 21.9. The second kappa shape index (κ2) is 5.30. The Morgan fingerprint density at radius 3 is 2.32 bits per heavy atom. The summed E-state index contributed by atoms with van der Waals surface area (Å²) >= 11 is 0. The molecule has 0 saturated carbocycles. The number of carboxylic acids is 1. The number of benzene rings is 2. The Morgan fingerprint density at radius 1 is 1.00 bits per heavy atom. The maximum Gasteiger partial charge on any atom is 0.377 e. The minimum Gasteiger partial charge on any atom is -0.475 e. The molecule has 0 heterocycles. The average molecular weight is 260 g/mol. The highest BCUT2D eigenvalue weighted by molar-refractivity contribution is 6.39. The van der Waals surface area contributed by atoms with Gasteiger partial charge in [-0.3, -0.25) is 4.79 Å². The zero-order chi connectivity index (χ0) is 13.8. The number of hydrogen-bond acceptors (Lipinski definition) is 3. The fourth-order valence-corrected chi connectivity index (χ4v) is 1.46. The van der Waals surface area contributed by atoms with E-state index in [0.717, 1.165) is 0 Å². The lowest BCUT2D eigenvalue weighted by Crippen LogP contribution is -2.12. The van der Waals surface area contributed by atoms with Gasteiger partial charge in [0.1, 0.15) is 17.3 Å². The quantitative estimate of drug-likeness (QED) is 0.678. The average Bonchev–Trinajstić information content (AvgIpc) is 2.41. The number of carboxylic acid groups (broad SMARTS) is 1. The molecule has 2 rings (SSSR count). The fraction of sp³-hybridized carbons (Fsp3) is 0. The third kappa shape index (κ3) is 3.16. The van der Waals surface area contributed by atoms with Crippen LogP contribution in [0.15, 0.2) is 48.5 Å². The minimum atomic E-state index is -1.53. The Bertz CT molecular complexity index is 620. The predicted molar refractivity (Wildman–Crippen MR) is 64.9 cm³/mol. The molecule has 4 nitrogen and oxygen atoms in total. The first kappa shape index (κ1) is 12.8. The molecule has 0 aliphatic heterocycles. The molecule has 0 unspecified atom stereocenters. The summed E-state index contributed by atoms with van der Waals surface area (Å²) < 4.78 is 18.1. The van der Waals surface area contributed by atoms with Crippen LogP contribution in [0.4, 0.5) is 4.39 Å². The highest BCUT2D eigenvalue weighted by Crippen LogP contribution is 2.22. The fourth-order valence-electron chi connectivity index (χ4n) is 1.46. The van der Waals surface area contributed by atoms with E-state index < -0.39 is 11.8 Å². The van der Waals surface area contributed by atoms with Gasteiger partial charge in [0.05, 0.1) is 0 Å². The maximum atomic E-state index is 12.7. The van der Waals surface area contributed by atoms with Crippen LogP contribution in [-0.2, 0) is 4.79 Å². The Balaban J connectivity index is 2.22. The molecule has 0 aliphatic carbocycles. The van der Waals surface area contributed by atoms with E-state index in [0.29, 0.717) is 11.5 Å². The first-order valence-corrected chi connectivity index (χ1v) is 5.37. The number of ketones is 1. The van der Waals surface area contributed by atoms with Crippen LogP contribution >= 0.6 is 0 Å². The molecule has 96 valence electrons. The van der Waals surface area contributed by atoms with Crippen molar-refractivity contribution in [3.8, 4) is 11.5 Å². The molecule has 0 radical (unpaired) electrons. The summed E-state index contributed by atoms with van der Waals surface area (Å²) in [7, 11) is 0. The van der Waals surface area contributed by atoms with Crippen LogP contribution < -0.4 is 4.74 Å². The van der Waals surface area contributed by atoms with Crippen molar-refractivity contribution in [2.24, 2.45) is 0 Å². The Labute approximate surface area is 108 Å². The van der Waals surface area contributed by atoms with Crippen LogP contribution in [-0.4, -0.2) is 16.9 Å². The first-order valence-electron chi connectivity index (χ1n) is 5.37. The monoisotopic (exact) mass is 260 g/mol. The highest BCUT2D eigenvalue weighted by atomic mass is 19.1. The van der Waals surface area contributed by atoms with Crippen molar-refractivity contribution in [3.63, 3.8) is 0 Å². The summed E-state index contributed by atoms with van der Waals surface area (Å²) in [6.45, 7) is 0. The molecule has 0 saturated heterocycles. The third-order valence-corrected chi connectivity index (χ3v) is 2.34. The van der Waals surface area contributed by atoms with E-state index >= 15 is 0 Å². The minimum absolute atomic E-state index is 0.0205.